The molecule has 0 amide bonds. The molecular weight excluding hydrogens is 243 g/mol. The molecule has 0 aliphatic carbocycles. The van der Waals surface area contributed by atoms with Gasteiger partial charge in [0, 0.05) is 7.11 Å². The minimum Gasteiger partial charge on any atom is -0.463 e. The molecule has 0 unspecified atom stereocenters. The predicted molar refractivity (Wildman–Crippen MR) is 48.3 cm³/mol. The van der Waals surface area contributed by atoms with Gasteiger partial charge in [0.15, 0.2) is 0 Å². The van der Waals surface area contributed by atoms with Crippen LogP contribution in [0.5, 0.6) is 0 Å². The molecular formula is C9H10F3NO4. The average Bonchev–Trinajstić information content (AvgIpc) is 2.58. The van der Waals surface area contributed by atoms with Gasteiger partial charge in [-0.2, -0.15) is 13.2 Å². The number of carbonyl (C=O) groups excluding carboxylic acids is 1. The number of aromatic nitrogens is 1. The van der Waals surface area contributed by atoms with Crippen LogP contribution in [0.15, 0.2) is 4.42 Å². The number of ether oxygens (including phenoxy) is 2. The Hall–Kier alpha value is -1.57. The Labute approximate surface area is 94.5 Å². The van der Waals surface area contributed by atoms with Gasteiger partial charge in [0.1, 0.15) is 12.1 Å². The molecule has 0 N–H and O–H groups in total. The van der Waals surface area contributed by atoms with Crippen molar-refractivity contribution in [3.63, 3.8) is 0 Å². The van der Waals surface area contributed by atoms with Gasteiger partial charge in [0.05, 0.1) is 13.7 Å². The van der Waals surface area contributed by atoms with E-state index in [9.17, 15) is 18.0 Å². The Morgan fingerprint density at radius 1 is 1.41 bits per heavy atom. The van der Waals surface area contributed by atoms with Gasteiger partial charge in [-0.1, -0.05) is 0 Å². The summed E-state index contributed by atoms with van der Waals surface area (Å²) in [6.45, 7) is -0.133. The number of carbonyl (C=O) groups is 1. The van der Waals surface area contributed by atoms with E-state index in [1.807, 2.05) is 0 Å². The molecule has 0 fully saturated rings. The molecule has 5 nitrogen and oxygen atoms in total. The van der Waals surface area contributed by atoms with Crippen molar-refractivity contribution in [2.45, 2.75) is 19.2 Å². The van der Waals surface area contributed by atoms with Crippen LogP contribution in [-0.4, -0.2) is 31.3 Å². The number of halogens is 3. The largest absolute Gasteiger partial charge is 0.463 e. The lowest BCUT2D eigenvalue weighted by molar-refractivity contribution is -0.130. The summed E-state index contributed by atoms with van der Waals surface area (Å²) < 4.78 is 50.1. The van der Waals surface area contributed by atoms with E-state index in [1.54, 1.807) is 0 Å². The second kappa shape index (κ2) is 5.17. The normalized spacial score (nSPS) is 11.6. The molecule has 17 heavy (non-hydrogen) atoms. The summed E-state index contributed by atoms with van der Waals surface area (Å²) in [5.74, 6) is -1.85. The smallest absolute Gasteiger partial charge is 0.397 e. The molecule has 1 heterocycles. The van der Waals surface area contributed by atoms with Crippen LogP contribution < -0.4 is 0 Å². The van der Waals surface area contributed by atoms with Crippen LogP contribution in [-0.2, 0) is 22.5 Å². The Morgan fingerprint density at radius 3 is 2.53 bits per heavy atom. The summed E-state index contributed by atoms with van der Waals surface area (Å²) in [6.07, 6.45) is -5.80. The van der Waals surface area contributed by atoms with Crippen LogP contribution in [0.3, 0.4) is 0 Å². The van der Waals surface area contributed by atoms with Gasteiger partial charge in [-0.15, -0.1) is 0 Å². The molecule has 0 aliphatic rings. The maximum atomic E-state index is 12.1. The third-order valence-corrected chi connectivity index (χ3v) is 1.75. The van der Waals surface area contributed by atoms with Gasteiger partial charge in [-0.3, -0.25) is 0 Å². The van der Waals surface area contributed by atoms with Crippen molar-refractivity contribution in [3.05, 3.63) is 17.3 Å². The van der Waals surface area contributed by atoms with E-state index in [-0.39, 0.29) is 18.1 Å². The number of methoxy groups -OCH3 is 2. The summed E-state index contributed by atoms with van der Waals surface area (Å²) in [5, 5.41) is 0. The van der Waals surface area contributed by atoms with Crippen LogP contribution in [0.1, 0.15) is 22.1 Å². The highest BCUT2D eigenvalue weighted by molar-refractivity contribution is 5.87. The van der Waals surface area contributed by atoms with Gasteiger partial charge in [0.25, 0.3) is 0 Å². The first-order chi connectivity index (χ1) is 7.87. The second-order valence-electron chi connectivity index (χ2n) is 3.10. The number of hydrogen-bond donors (Lipinski definition) is 0. The first-order valence-corrected chi connectivity index (χ1v) is 4.50. The van der Waals surface area contributed by atoms with E-state index in [0.29, 0.717) is 0 Å². The Bertz CT molecular complexity index is 399. The topological polar surface area (TPSA) is 61.6 Å². The van der Waals surface area contributed by atoms with Crippen LogP contribution in [0.2, 0.25) is 0 Å². The molecule has 0 saturated heterocycles. The van der Waals surface area contributed by atoms with Gasteiger partial charge < -0.3 is 13.9 Å². The molecule has 0 saturated carbocycles. The van der Waals surface area contributed by atoms with Crippen LogP contribution in [0, 0.1) is 0 Å². The van der Waals surface area contributed by atoms with Gasteiger partial charge in [-0.05, 0) is 0 Å². The molecule has 1 aromatic heterocycles. The van der Waals surface area contributed by atoms with E-state index in [2.05, 4.69) is 9.72 Å². The van der Waals surface area contributed by atoms with E-state index < -0.39 is 24.5 Å². The number of rotatable bonds is 4. The first-order valence-electron chi connectivity index (χ1n) is 4.50. The standard InChI is InChI=1S/C9H10F3NO4/c1-15-4-5-7(8(14)16-2)17-6(13-5)3-9(10,11)12/h3-4H2,1-2H3. The van der Waals surface area contributed by atoms with Crippen LogP contribution in [0.4, 0.5) is 13.2 Å². The third kappa shape index (κ3) is 3.74. The summed E-state index contributed by atoms with van der Waals surface area (Å²) in [6, 6.07) is 0. The fraction of sp³-hybridized carbons (Fsp3) is 0.556. The quantitative estimate of drug-likeness (QED) is 0.764. The number of esters is 1. The van der Waals surface area contributed by atoms with Crippen molar-refractivity contribution in [2.75, 3.05) is 14.2 Å². The first kappa shape index (κ1) is 13.5. The lowest BCUT2D eigenvalue weighted by Crippen LogP contribution is -2.11. The van der Waals surface area contributed by atoms with Crippen LogP contribution in [0.25, 0.3) is 0 Å². The highest BCUT2D eigenvalue weighted by Gasteiger charge is 2.32. The number of alkyl halides is 3. The zero-order valence-corrected chi connectivity index (χ0v) is 9.13. The molecule has 8 heteroatoms. The molecule has 0 bridgehead atoms. The van der Waals surface area contributed by atoms with E-state index >= 15 is 0 Å². The lowest BCUT2D eigenvalue weighted by Gasteiger charge is -2.00. The number of nitrogens with zero attached hydrogens (tertiary/aromatic N) is 1. The Morgan fingerprint density at radius 2 is 2.06 bits per heavy atom. The summed E-state index contributed by atoms with van der Waals surface area (Å²) in [5.41, 5.74) is -0.0152. The summed E-state index contributed by atoms with van der Waals surface area (Å²) >= 11 is 0. The SMILES string of the molecule is COCc1nc(CC(F)(F)F)oc1C(=O)OC. The maximum Gasteiger partial charge on any atom is 0.397 e. The Balaban J connectivity index is 2.99. The average molecular weight is 253 g/mol. The fourth-order valence-electron chi connectivity index (χ4n) is 1.13. The molecule has 96 valence electrons. The molecule has 0 spiro atoms. The fourth-order valence-corrected chi connectivity index (χ4v) is 1.13. The highest BCUT2D eigenvalue weighted by Crippen LogP contribution is 2.23. The second-order valence-corrected chi connectivity index (χ2v) is 3.10. The van der Waals surface area contributed by atoms with Crippen molar-refractivity contribution in [1.29, 1.82) is 0 Å². The van der Waals surface area contributed by atoms with E-state index in [1.165, 1.54) is 7.11 Å². The lowest BCUT2D eigenvalue weighted by atomic mass is 10.3. The van der Waals surface area contributed by atoms with Crippen LogP contribution >= 0.6 is 0 Å². The number of hydrogen-bond acceptors (Lipinski definition) is 5. The van der Waals surface area contributed by atoms with Gasteiger partial charge >= 0.3 is 12.1 Å². The summed E-state index contributed by atoms with van der Waals surface area (Å²) in [7, 11) is 2.41. The zero-order valence-electron chi connectivity index (χ0n) is 9.13. The van der Waals surface area contributed by atoms with Crippen molar-refractivity contribution in [1.82, 2.24) is 4.98 Å². The number of oxazole rings is 1. The monoisotopic (exact) mass is 253 g/mol. The molecule has 0 aromatic carbocycles. The molecule has 0 radical (unpaired) electrons. The third-order valence-electron chi connectivity index (χ3n) is 1.75. The van der Waals surface area contributed by atoms with Gasteiger partial charge in [0.2, 0.25) is 11.7 Å². The molecule has 1 aromatic rings. The molecule has 0 aliphatic heterocycles. The Kier molecular flexibility index (Phi) is 4.11. The zero-order chi connectivity index (χ0) is 13.1. The minimum absolute atomic E-state index is 0.0152. The van der Waals surface area contributed by atoms with Crippen molar-refractivity contribution in [2.24, 2.45) is 0 Å². The molecule has 0 atom stereocenters. The summed E-state index contributed by atoms with van der Waals surface area (Å²) in [4.78, 5) is 14.7. The van der Waals surface area contributed by atoms with Crippen molar-refractivity contribution >= 4 is 5.97 Å². The highest BCUT2D eigenvalue weighted by atomic mass is 19.4. The molecule has 1 rings (SSSR count). The van der Waals surface area contributed by atoms with E-state index in [4.69, 9.17) is 9.15 Å². The van der Waals surface area contributed by atoms with E-state index in [0.717, 1.165) is 7.11 Å². The van der Waals surface area contributed by atoms with Gasteiger partial charge in [-0.25, -0.2) is 9.78 Å². The maximum absolute atomic E-state index is 12.1. The van der Waals surface area contributed by atoms with Crippen molar-refractivity contribution in [3.8, 4) is 0 Å². The minimum atomic E-state index is -4.46. The van der Waals surface area contributed by atoms with Crippen molar-refractivity contribution < 1.29 is 31.9 Å². The predicted octanol–water partition coefficient (Wildman–Crippen LogP) is 1.71.